The van der Waals surface area contributed by atoms with E-state index < -0.39 is 0 Å². The number of piperidine rings is 1. The minimum Gasteiger partial charge on any atom is -0.359 e. The predicted molar refractivity (Wildman–Crippen MR) is 66.4 cm³/mol. The Morgan fingerprint density at radius 1 is 1.25 bits per heavy atom. The first kappa shape index (κ1) is 12.3. The van der Waals surface area contributed by atoms with E-state index in [0.29, 0.717) is 5.92 Å². The molecule has 2 rings (SSSR count). The molecular formula is C13H26N2O. The quantitative estimate of drug-likeness (QED) is 0.777. The molecule has 2 aliphatic rings. The zero-order valence-electron chi connectivity index (χ0n) is 11.2. The van der Waals surface area contributed by atoms with E-state index in [2.05, 4.69) is 37.9 Å². The van der Waals surface area contributed by atoms with Crippen molar-refractivity contribution in [3.63, 3.8) is 0 Å². The SMILES string of the molecule is CCN1CCC(C2(C)NC(C)(C)CO2)CC1. The molecule has 0 bridgehead atoms. The molecule has 3 nitrogen and oxygen atoms in total. The van der Waals surface area contributed by atoms with Crippen molar-refractivity contribution < 1.29 is 4.74 Å². The van der Waals surface area contributed by atoms with Gasteiger partial charge in [0.2, 0.25) is 0 Å². The number of rotatable bonds is 2. The van der Waals surface area contributed by atoms with Crippen molar-refractivity contribution in [3.8, 4) is 0 Å². The molecule has 16 heavy (non-hydrogen) atoms. The van der Waals surface area contributed by atoms with Crippen molar-refractivity contribution in [3.05, 3.63) is 0 Å². The van der Waals surface area contributed by atoms with E-state index in [1.54, 1.807) is 0 Å². The Kier molecular flexibility index (Phi) is 3.30. The summed E-state index contributed by atoms with van der Waals surface area (Å²) in [7, 11) is 0. The molecule has 2 heterocycles. The van der Waals surface area contributed by atoms with Crippen LogP contribution in [0.5, 0.6) is 0 Å². The lowest BCUT2D eigenvalue weighted by Gasteiger charge is -2.40. The van der Waals surface area contributed by atoms with Crippen LogP contribution < -0.4 is 5.32 Å². The minimum absolute atomic E-state index is 0.0939. The number of nitrogens with zero attached hydrogens (tertiary/aromatic N) is 1. The summed E-state index contributed by atoms with van der Waals surface area (Å²) < 4.78 is 6.03. The fraction of sp³-hybridized carbons (Fsp3) is 1.00. The Morgan fingerprint density at radius 3 is 2.31 bits per heavy atom. The van der Waals surface area contributed by atoms with Gasteiger partial charge in [0.15, 0.2) is 0 Å². The number of hydrogen-bond acceptors (Lipinski definition) is 3. The van der Waals surface area contributed by atoms with Crippen molar-refractivity contribution in [2.75, 3.05) is 26.2 Å². The van der Waals surface area contributed by atoms with Gasteiger partial charge in [-0.3, -0.25) is 5.32 Å². The van der Waals surface area contributed by atoms with Crippen LogP contribution in [0, 0.1) is 5.92 Å². The summed E-state index contributed by atoms with van der Waals surface area (Å²) in [5.74, 6) is 0.664. The van der Waals surface area contributed by atoms with E-state index in [9.17, 15) is 0 Å². The lowest BCUT2D eigenvalue weighted by atomic mass is 9.87. The highest BCUT2D eigenvalue weighted by Crippen LogP contribution is 2.35. The molecule has 2 saturated heterocycles. The molecule has 0 aromatic carbocycles. The van der Waals surface area contributed by atoms with Gasteiger partial charge in [-0.15, -0.1) is 0 Å². The lowest BCUT2D eigenvalue weighted by molar-refractivity contribution is -0.0619. The van der Waals surface area contributed by atoms with Crippen molar-refractivity contribution in [2.24, 2.45) is 5.92 Å². The molecule has 2 fully saturated rings. The number of nitrogens with one attached hydrogen (secondary N) is 1. The largest absolute Gasteiger partial charge is 0.359 e. The Morgan fingerprint density at radius 2 is 1.88 bits per heavy atom. The van der Waals surface area contributed by atoms with Crippen LogP contribution >= 0.6 is 0 Å². The molecule has 0 aromatic rings. The molecule has 1 N–H and O–H groups in total. The molecule has 0 aliphatic carbocycles. The molecule has 94 valence electrons. The zero-order chi connectivity index (χ0) is 11.8. The van der Waals surface area contributed by atoms with Crippen molar-refractivity contribution in [2.45, 2.75) is 51.8 Å². The van der Waals surface area contributed by atoms with E-state index in [1.807, 2.05) is 0 Å². The average Bonchev–Trinajstić information content (AvgIpc) is 2.54. The maximum atomic E-state index is 6.03. The van der Waals surface area contributed by atoms with Crippen LogP contribution in [0.2, 0.25) is 0 Å². The minimum atomic E-state index is -0.0939. The van der Waals surface area contributed by atoms with Gasteiger partial charge < -0.3 is 9.64 Å². The second kappa shape index (κ2) is 4.28. The molecule has 0 saturated carbocycles. The molecule has 1 atom stereocenters. The summed E-state index contributed by atoms with van der Waals surface area (Å²) in [6.45, 7) is 13.4. The fourth-order valence-electron chi connectivity index (χ4n) is 3.09. The lowest BCUT2D eigenvalue weighted by Crippen LogP contribution is -2.53. The van der Waals surface area contributed by atoms with Gasteiger partial charge in [0.1, 0.15) is 5.72 Å². The van der Waals surface area contributed by atoms with E-state index in [1.165, 1.54) is 32.5 Å². The normalized spacial score (nSPS) is 36.8. The highest BCUT2D eigenvalue weighted by atomic mass is 16.5. The van der Waals surface area contributed by atoms with E-state index >= 15 is 0 Å². The van der Waals surface area contributed by atoms with Gasteiger partial charge in [0.25, 0.3) is 0 Å². The van der Waals surface area contributed by atoms with Crippen molar-refractivity contribution >= 4 is 0 Å². The van der Waals surface area contributed by atoms with Gasteiger partial charge in [-0.25, -0.2) is 0 Å². The highest BCUT2D eigenvalue weighted by Gasteiger charge is 2.45. The van der Waals surface area contributed by atoms with Crippen LogP contribution in [0.3, 0.4) is 0 Å². The van der Waals surface area contributed by atoms with Crippen LogP contribution in [-0.2, 0) is 4.74 Å². The van der Waals surface area contributed by atoms with E-state index in [0.717, 1.165) is 6.61 Å². The number of ether oxygens (including phenoxy) is 1. The zero-order valence-corrected chi connectivity index (χ0v) is 11.2. The standard InChI is InChI=1S/C13H26N2O/c1-5-15-8-6-11(7-9-15)13(4)14-12(2,3)10-16-13/h11,14H,5-10H2,1-4H3. The third-order valence-corrected chi connectivity index (χ3v) is 4.13. The third kappa shape index (κ3) is 2.41. The highest BCUT2D eigenvalue weighted by molar-refractivity contribution is 4.97. The number of hydrogen-bond donors (Lipinski definition) is 1. The van der Waals surface area contributed by atoms with Crippen LogP contribution in [0.4, 0.5) is 0 Å². The maximum absolute atomic E-state index is 6.03. The summed E-state index contributed by atoms with van der Waals surface area (Å²) in [6, 6.07) is 0. The van der Waals surface area contributed by atoms with Crippen LogP contribution in [0.15, 0.2) is 0 Å². The van der Waals surface area contributed by atoms with Gasteiger partial charge in [-0.05, 0) is 53.2 Å². The first-order valence-corrected chi connectivity index (χ1v) is 6.61. The molecule has 3 heteroatoms. The second-order valence-corrected chi connectivity index (χ2v) is 6.11. The van der Waals surface area contributed by atoms with E-state index in [4.69, 9.17) is 4.74 Å². The number of likely N-dealkylation sites (tertiary alicyclic amines) is 1. The average molecular weight is 226 g/mol. The van der Waals surface area contributed by atoms with Gasteiger partial charge in [-0.2, -0.15) is 0 Å². The Labute approximate surface area is 99.5 Å². The maximum Gasteiger partial charge on any atom is 0.119 e. The molecule has 0 aromatic heterocycles. The van der Waals surface area contributed by atoms with Gasteiger partial charge in [0.05, 0.1) is 6.61 Å². The Hall–Kier alpha value is -0.120. The summed E-state index contributed by atoms with van der Waals surface area (Å²) in [4.78, 5) is 2.53. The first-order valence-electron chi connectivity index (χ1n) is 6.61. The third-order valence-electron chi connectivity index (χ3n) is 4.13. The monoisotopic (exact) mass is 226 g/mol. The van der Waals surface area contributed by atoms with Crippen molar-refractivity contribution in [1.82, 2.24) is 10.2 Å². The van der Waals surface area contributed by atoms with E-state index in [-0.39, 0.29) is 11.3 Å². The second-order valence-electron chi connectivity index (χ2n) is 6.11. The Balaban J connectivity index is 1.94. The topological polar surface area (TPSA) is 24.5 Å². The molecular weight excluding hydrogens is 200 g/mol. The summed E-state index contributed by atoms with van der Waals surface area (Å²) in [5, 5.41) is 3.67. The van der Waals surface area contributed by atoms with Gasteiger partial charge in [-0.1, -0.05) is 6.92 Å². The molecule has 0 spiro atoms. The molecule has 2 aliphatic heterocycles. The summed E-state index contributed by atoms with van der Waals surface area (Å²) in [6.07, 6.45) is 2.51. The summed E-state index contributed by atoms with van der Waals surface area (Å²) >= 11 is 0. The summed E-state index contributed by atoms with van der Waals surface area (Å²) in [5.41, 5.74) is 0.0416. The van der Waals surface area contributed by atoms with Gasteiger partial charge in [0, 0.05) is 11.5 Å². The van der Waals surface area contributed by atoms with Gasteiger partial charge >= 0.3 is 0 Å². The fourth-order valence-corrected chi connectivity index (χ4v) is 3.09. The molecule has 1 unspecified atom stereocenters. The van der Waals surface area contributed by atoms with Crippen LogP contribution in [0.1, 0.15) is 40.5 Å². The van der Waals surface area contributed by atoms with Crippen LogP contribution in [0.25, 0.3) is 0 Å². The first-order chi connectivity index (χ1) is 7.45. The Bertz CT molecular complexity index is 246. The smallest absolute Gasteiger partial charge is 0.119 e. The predicted octanol–water partition coefficient (Wildman–Crippen LogP) is 1.83. The van der Waals surface area contributed by atoms with Crippen molar-refractivity contribution in [1.29, 1.82) is 0 Å². The molecule has 0 radical (unpaired) electrons. The van der Waals surface area contributed by atoms with Crippen LogP contribution in [-0.4, -0.2) is 42.4 Å². The molecule has 0 amide bonds.